The fraction of sp³-hybridized carbons (Fsp3) is 0.167. The predicted octanol–water partition coefficient (Wildman–Crippen LogP) is 3.36. The lowest BCUT2D eigenvalue weighted by atomic mass is 10.1. The summed E-state index contributed by atoms with van der Waals surface area (Å²) < 4.78 is 2.01. The van der Waals surface area contributed by atoms with Gasteiger partial charge in [-0.2, -0.15) is 0 Å². The average Bonchev–Trinajstić information content (AvgIpc) is 3.21. The fourth-order valence-corrected chi connectivity index (χ4v) is 3.33. The maximum atomic E-state index is 12.3. The molecule has 0 spiro atoms. The van der Waals surface area contributed by atoms with Crippen molar-refractivity contribution < 1.29 is 4.79 Å². The van der Waals surface area contributed by atoms with Crippen LogP contribution in [0.1, 0.15) is 20.5 Å². The van der Waals surface area contributed by atoms with Crippen molar-refractivity contribution in [3.8, 4) is 11.3 Å². The molecule has 0 radical (unpaired) electrons. The molecule has 4 aromatic heterocycles. The third kappa shape index (κ3) is 2.95. The van der Waals surface area contributed by atoms with Gasteiger partial charge in [0, 0.05) is 24.2 Å². The van der Waals surface area contributed by atoms with E-state index < -0.39 is 0 Å². The van der Waals surface area contributed by atoms with Crippen molar-refractivity contribution in [2.75, 3.05) is 5.32 Å². The molecule has 1 N–H and O–H groups in total. The maximum absolute atomic E-state index is 12.3. The minimum atomic E-state index is -0.214. The van der Waals surface area contributed by atoms with Crippen LogP contribution < -0.4 is 5.32 Å². The molecule has 4 heterocycles. The van der Waals surface area contributed by atoms with Crippen molar-refractivity contribution in [2.45, 2.75) is 13.8 Å². The lowest BCUT2D eigenvalue weighted by Gasteiger charge is -2.07. The molecule has 0 saturated carbocycles. The van der Waals surface area contributed by atoms with Gasteiger partial charge in [-0.1, -0.05) is 0 Å². The number of anilines is 1. The van der Waals surface area contributed by atoms with Gasteiger partial charge < -0.3 is 9.88 Å². The van der Waals surface area contributed by atoms with Crippen molar-refractivity contribution in [3.63, 3.8) is 0 Å². The number of aryl methyl sites for hydroxylation is 2. The second kappa shape index (κ2) is 6.30. The van der Waals surface area contributed by atoms with Crippen LogP contribution in [0.3, 0.4) is 0 Å². The molecule has 8 heteroatoms. The van der Waals surface area contributed by atoms with Crippen molar-refractivity contribution in [3.05, 3.63) is 52.6 Å². The van der Waals surface area contributed by atoms with Crippen molar-refractivity contribution in [2.24, 2.45) is 7.05 Å². The van der Waals surface area contributed by atoms with E-state index >= 15 is 0 Å². The molecular formula is C18H16N6OS. The number of amides is 1. The Kier molecular flexibility index (Phi) is 3.96. The van der Waals surface area contributed by atoms with E-state index in [4.69, 9.17) is 0 Å². The van der Waals surface area contributed by atoms with Crippen LogP contribution in [0.25, 0.3) is 22.2 Å². The molecule has 4 aromatic rings. The zero-order valence-electron chi connectivity index (χ0n) is 14.5. The molecule has 4 rings (SSSR count). The molecule has 1 amide bonds. The van der Waals surface area contributed by atoms with E-state index in [0.29, 0.717) is 10.7 Å². The number of carbonyl (C=O) groups excluding carboxylic acids is 1. The predicted molar refractivity (Wildman–Crippen MR) is 101 cm³/mol. The number of hydrogen-bond donors (Lipinski definition) is 1. The van der Waals surface area contributed by atoms with Gasteiger partial charge in [0.05, 0.1) is 34.8 Å². The van der Waals surface area contributed by atoms with Gasteiger partial charge in [0.25, 0.3) is 5.91 Å². The van der Waals surface area contributed by atoms with Crippen molar-refractivity contribution >= 4 is 34.0 Å². The zero-order valence-corrected chi connectivity index (χ0v) is 15.3. The number of fused-ring (bicyclic) bond motifs is 1. The van der Waals surface area contributed by atoms with Crippen LogP contribution in [0.5, 0.6) is 0 Å². The first kappa shape index (κ1) is 16.3. The van der Waals surface area contributed by atoms with E-state index in [-0.39, 0.29) is 5.91 Å². The van der Waals surface area contributed by atoms with Gasteiger partial charge in [-0.25, -0.2) is 15.0 Å². The Morgan fingerprint density at radius 2 is 1.88 bits per heavy atom. The topological polar surface area (TPSA) is 85.6 Å². The number of hydrogen-bond acceptors (Lipinski definition) is 6. The Bertz CT molecular complexity index is 1130. The summed E-state index contributed by atoms with van der Waals surface area (Å²) in [6.07, 6.45) is 6.86. The first-order valence-electron chi connectivity index (χ1n) is 7.99. The zero-order chi connectivity index (χ0) is 18.3. The second-order valence-corrected chi connectivity index (χ2v) is 7.17. The summed E-state index contributed by atoms with van der Waals surface area (Å²) in [5, 5.41) is 4.56. The maximum Gasteiger partial charge on any atom is 0.268 e. The summed E-state index contributed by atoms with van der Waals surface area (Å²) in [6, 6.07) is 3.84. The lowest BCUT2D eigenvalue weighted by molar-refractivity contribution is 0.103. The molecule has 7 nitrogen and oxygen atoms in total. The minimum absolute atomic E-state index is 0.214. The number of nitrogens with one attached hydrogen (secondary N) is 1. The average molecular weight is 364 g/mol. The van der Waals surface area contributed by atoms with Gasteiger partial charge in [0.1, 0.15) is 16.5 Å². The smallest absolute Gasteiger partial charge is 0.268 e. The quantitative estimate of drug-likeness (QED) is 0.602. The molecule has 0 aliphatic rings. The highest BCUT2D eigenvalue weighted by molar-refractivity contribution is 7.13. The van der Waals surface area contributed by atoms with E-state index in [2.05, 4.69) is 25.3 Å². The minimum Gasteiger partial charge on any atom is -0.331 e. The molecule has 0 bridgehead atoms. The lowest BCUT2D eigenvalue weighted by Crippen LogP contribution is -2.11. The molecule has 0 saturated heterocycles. The molecule has 26 heavy (non-hydrogen) atoms. The number of carbonyl (C=O) groups is 1. The number of imidazole rings is 1. The third-order valence-corrected chi connectivity index (χ3v) is 5.08. The number of nitrogens with zero attached hydrogens (tertiary/aromatic N) is 5. The molecule has 0 aliphatic heterocycles. The van der Waals surface area contributed by atoms with Crippen molar-refractivity contribution in [1.82, 2.24) is 24.5 Å². The normalized spacial score (nSPS) is 11.0. The van der Waals surface area contributed by atoms with E-state index in [0.717, 1.165) is 33.0 Å². The Labute approximate surface area is 153 Å². The Hall–Kier alpha value is -3.13. The number of pyridine rings is 2. The molecule has 0 atom stereocenters. The molecule has 0 unspecified atom stereocenters. The summed E-state index contributed by atoms with van der Waals surface area (Å²) >= 11 is 1.35. The van der Waals surface area contributed by atoms with Crippen LogP contribution in [0.4, 0.5) is 5.82 Å². The van der Waals surface area contributed by atoms with Crippen LogP contribution >= 0.6 is 11.3 Å². The number of aromatic nitrogens is 5. The van der Waals surface area contributed by atoms with Crippen LogP contribution in [-0.2, 0) is 7.05 Å². The summed E-state index contributed by atoms with van der Waals surface area (Å²) in [5.41, 5.74) is 2.71. The number of thiazole rings is 1. The fourth-order valence-electron chi connectivity index (χ4n) is 2.65. The Balaban J connectivity index is 1.67. The van der Waals surface area contributed by atoms with E-state index in [1.165, 1.54) is 11.3 Å². The molecule has 0 fully saturated rings. The molecule has 0 aliphatic carbocycles. The van der Waals surface area contributed by atoms with Gasteiger partial charge in [-0.05, 0) is 26.0 Å². The highest BCUT2D eigenvalue weighted by atomic mass is 32.1. The Morgan fingerprint density at radius 1 is 1.04 bits per heavy atom. The third-order valence-electron chi connectivity index (χ3n) is 4.17. The summed E-state index contributed by atoms with van der Waals surface area (Å²) in [5.74, 6) is 1.20. The molecule has 130 valence electrons. The van der Waals surface area contributed by atoms with Gasteiger partial charge in [-0.15, -0.1) is 11.3 Å². The van der Waals surface area contributed by atoms with Crippen LogP contribution in [0, 0.1) is 13.8 Å². The van der Waals surface area contributed by atoms with Gasteiger partial charge in [-0.3, -0.25) is 9.78 Å². The second-order valence-electron chi connectivity index (χ2n) is 5.93. The van der Waals surface area contributed by atoms with Gasteiger partial charge >= 0.3 is 0 Å². The molecular weight excluding hydrogens is 348 g/mol. The number of rotatable bonds is 3. The van der Waals surface area contributed by atoms with Gasteiger partial charge in [0.2, 0.25) is 0 Å². The van der Waals surface area contributed by atoms with Crippen molar-refractivity contribution in [1.29, 1.82) is 0 Å². The standard InChI is InChI=1S/C18H16N6OS/c1-10-19-8-15(24(10)3)13-4-12-5-17(22-7-14(12)21-6-13)23-18(25)16-9-20-11(2)26-16/h4-9H,1-3H3,(H,22,23,25). The van der Waals surface area contributed by atoms with E-state index in [9.17, 15) is 4.79 Å². The largest absolute Gasteiger partial charge is 0.331 e. The first-order chi connectivity index (χ1) is 12.5. The van der Waals surface area contributed by atoms with Crippen LogP contribution in [0.15, 0.2) is 36.9 Å². The summed E-state index contributed by atoms with van der Waals surface area (Å²) in [4.78, 5) is 30.0. The van der Waals surface area contributed by atoms with E-state index in [1.54, 1.807) is 18.6 Å². The summed E-state index contributed by atoms with van der Waals surface area (Å²) in [6.45, 7) is 3.82. The first-order valence-corrected chi connectivity index (χ1v) is 8.81. The summed E-state index contributed by atoms with van der Waals surface area (Å²) in [7, 11) is 1.97. The van der Waals surface area contributed by atoms with Crippen LogP contribution in [0.2, 0.25) is 0 Å². The van der Waals surface area contributed by atoms with Crippen LogP contribution in [-0.4, -0.2) is 30.4 Å². The van der Waals surface area contributed by atoms with Gasteiger partial charge in [0.15, 0.2) is 0 Å². The monoisotopic (exact) mass is 364 g/mol. The Morgan fingerprint density at radius 3 is 2.58 bits per heavy atom. The molecule has 0 aromatic carbocycles. The SMILES string of the molecule is Cc1ncc(C(=O)Nc2cc3cc(-c4cnc(C)n4C)cnc3cn2)s1. The highest BCUT2D eigenvalue weighted by Gasteiger charge is 2.12. The highest BCUT2D eigenvalue weighted by Crippen LogP contribution is 2.24. The van der Waals surface area contributed by atoms with E-state index in [1.807, 2.05) is 43.8 Å².